The molecule has 1 N–H and O–H groups in total. The van der Waals surface area contributed by atoms with E-state index in [-0.39, 0.29) is 0 Å². The van der Waals surface area contributed by atoms with Gasteiger partial charge < -0.3 is 5.11 Å². The van der Waals surface area contributed by atoms with Crippen molar-refractivity contribution in [2.45, 2.75) is 12.5 Å². The van der Waals surface area contributed by atoms with Gasteiger partial charge in [-0.2, -0.15) is 0 Å². The molecule has 0 spiro atoms. The Hall–Kier alpha value is -0.730. The Morgan fingerprint density at radius 3 is 2.00 bits per heavy atom. The topological polar surface area (TPSA) is 20.2 Å². The van der Waals surface area contributed by atoms with Gasteiger partial charge in [0.2, 0.25) is 0 Å². The maximum Gasteiger partial charge on any atom is 0.0831 e. The Labute approximate surface area is 121 Å². The summed E-state index contributed by atoms with van der Waals surface area (Å²) in [6.45, 7) is 0. The van der Waals surface area contributed by atoms with Crippen molar-refractivity contribution in [3.63, 3.8) is 0 Å². The van der Waals surface area contributed by atoms with Crippen LogP contribution >= 0.6 is 34.8 Å². The highest BCUT2D eigenvalue weighted by molar-refractivity contribution is 6.36. The van der Waals surface area contributed by atoms with E-state index < -0.39 is 6.10 Å². The summed E-state index contributed by atoms with van der Waals surface area (Å²) < 4.78 is 0. The lowest BCUT2D eigenvalue weighted by Gasteiger charge is -2.13. The first kappa shape index (κ1) is 13.7. The van der Waals surface area contributed by atoms with Gasteiger partial charge in [0.1, 0.15) is 0 Å². The summed E-state index contributed by atoms with van der Waals surface area (Å²) in [6, 6.07) is 12.4. The van der Waals surface area contributed by atoms with E-state index in [1.807, 2.05) is 0 Å². The number of aliphatic hydroxyl groups is 1. The van der Waals surface area contributed by atoms with Gasteiger partial charge in [0, 0.05) is 21.5 Å². The molecule has 0 saturated heterocycles. The van der Waals surface area contributed by atoms with Crippen molar-refractivity contribution in [2.75, 3.05) is 0 Å². The lowest BCUT2D eigenvalue weighted by atomic mass is 10.0. The summed E-state index contributed by atoms with van der Waals surface area (Å²) >= 11 is 17.9. The number of aliphatic hydroxyl groups excluding tert-OH is 1. The summed E-state index contributed by atoms with van der Waals surface area (Å²) in [5.41, 5.74) is 1.54. The Morgan fingerprint density at radius 2 is 1.44 bits per heavy atom. The van der Waals surface area contributed by atoms with Crippen LogP contribution in [0.3, 0.4) is 0 Å². The second-order valence-electron chi connectivity index (χ2n) is 3.97. The zero-order valence-electron chi connectivity index (χ0n) is 9.41. The monoisotopic (exact) mass is 300 g/mol. The van der Waals surface area contributed by atoms with E-state index in [0.29, 0.717) is 21.5 Å². The van der Waals surface area contributed by atoms with Crippen molar-refractivity contribution in [3.05, 3.63) is 68.7 Å². The average molecular weight is 302 g/mol. The van der Waals surface area contributed by atoms with Crippen LogP contribution in [0.4, 0.5) is 0 Å². The van der Waals surface area contributed by atoms with E-state index in [0.717, 1.165) is 11.1 Å². The highest BCUT2D eigenvalue weighted by Gasteiger charge is 2.13. The molecule has 2 rings (SSSR count). The molecular weight excluding hydrogens is 291 g/mol. The number of rotatable bonds is 3. The summed E-state index contributed by atoms with van der Waals surface area (Å²) in [5.74, 6) is 0. The molecule has 0 fully saturated rings. The fraction of sp³-hybridized carbons (Fsp3) is 0.143. The predicted molar refractivity (Wildman–Crippen MR) is 76.6 cm³/mol. The summed E-state index contributed by atoms with van der Waals surface area (Å²) in [7, 11) is 0. The third-order valence-electron chi connectivity index (χ3n) is 2.71. The molecule has 0 amide bonds. The van der Waals surface area contributed by atoms with Crippen LogP contribution in [0, 0.1) is 0 Å². The second-order valence-corrected chi connectivity index (χ2v) is 5.22. The second kappa shape index (κ2) is 5.94. The molecule has 0 aliphatic carbocycles. The van der Waals surface area contributed by atoms with E-state index in [9.17, 15) is 5.11 Å². The minimum atomic E-state index is -0.653. The SMILES string of the molecule is OC(Cc1c(Cl)cccc1Cl)c1ccc(Cl)cc1. The summed E-state index contributed by atoms with van der Waals surface area (Å²) in [5, 5.41) is 11.9. The first-order valence-corrected chi connectivity index (χ1v) is 6.57. The predicted octanol–water partition coefficient (Wildman–Crippen LogP) is 4.92. The summed E-state index contributed by atoms with van der Waals surface area (Å²) in [6.07, 6.45) is -0.278. The molecule has 1 nitrogen and oxygen atoms in total. The van der Waals surface area contributed by atoms with Gasteiger partial charge in [-0.15, -0.1) is 0 Å². The fourth-order valence-electron chi connectivity index (χ4n) is 1.72. The quantitative estimate of drug-likeness (QED) is 0.853. The fourth-order valence-corrected chi connectivity index (χ4v) is 2.40. The molecule has 0 aromatic heterocycles. The lowest BCUT2D eigenvalue weighted by molar-refractivity contribution is 0.178. The third-order valence-corrected chi connectivity index (χ3v) is 3.67. The van der Waals surface area contributed by atoms with Crippen LogP contribution in [-0.2, 0) is 6.42 Å². The number of hydrogen-bond donors (Lipinski definition) is 1. The summed E-state index contributed by atoms with van der Waals surface area (Å²) in [4.78, 5) is 0. The van der Waals surface area contributed by atoms with Crippen LogP contribution in [0.25, 0.3) is 0 Å². The highest BCUT2D eigenvalue weighted by atomic mass is 35.5. The van der Waals surface area contributed by atoms with Crippen molar-refractivity contribution in [3.8, 4) is 0 Å². The van der Waals surface area contributed by atoms with Crippen molar-refractivity contribution in [1.29, 1.82) is 0 Å². The largest absolute Gasteiger partial charge is 0.388 e. The maximum absolute atomic E-state index is 10.2. The van der Waals surface area contributed by atoms with Crippen molar-refractivity contribution in [2.24, 2.45) is 0 Å². The van der Waals surface area contributed by atoms with Crippen molar-refractivity contribution >= 4 is 34.8 Å². The minimum absolute atomic E-state index is 0.375. The lowest BCUT2D eigenvalue weighted by Crippen LogP contribution is -2.02. The molecule has 18 heavy (non-hydrogen) atoms. The van der Waals surface area contributed by atoms with E-state index in [1.165, 1.54) is 0 Å². The van der Waals surface area contributed by atoms with Gasteiger partial charge in [-0.1, -0.05) is 53.0 Å². The first-order valence-electron chi connectivity index (χ1n) is 5.44. The van der Waals surface area contributed by atoms with Crippen LogP contribution in [-0.4, -0.2) is 5.11 Å². The van der Waals surface area contributed by atoms with Crippen LogP contribution in [0.1, 0.15) is 17.2 Å². The zero-order valence-corrected chi connectivity index (χ0v) is 11.7. The molecule has 94 valence electrons. The molecule has 0 aliphatic rings. The molecular formula is C14H11Cl3O. The molecule has 0 saturated carbocycles. The minimum Gasteiger partial charge on any atom is -0.388 e. The Kier molecular flexibility index (Phi) is 4.52. The van der Waals surface area contributed by atoms with Gasteiger partial charge in [0.15, 0.2) is 0 Å². The third kappa shape index (κ3) is 3.18. The molecule has 0 aliphatic heterocycles. The number of hydrogen-bond acceptors (Lipinski definition) is 1. The molecule has 1 atom stereocenters. The highest BCUT2D eigenvalue weighted by Crippen LogP contribution is 2.29. The first-order chi connectivity index (χ1) is 8.58. The van der Waals surface area contributed by atoms with Gasteiger partial charge in [-0.3, -0.25) is 0 Å². The normalized spacial score (nSPS) is 12.4. The van der Waals surface area contributed by atoms with Crippen molar-refractivity contribution < 1.29 is 5.11 Å². The van der Waals surface area contributed by atoms with Crippen LogP contribution in [0.5, 0.6) is 0 Å². The Balaban J connectivity index is 2.21. The Morgan fingerprint density at radius 1 is 0.889 bits per heavy atom. The van der Waals surface area contributed by atoms with E-state index >= 15 is 0 Å². The standard InChI is InChI=1S/C14H11Cl3O/c15-10-6-4-9(5-7-10)14(18)8-11-12(16)2-1-3-13(11)17/h1-7,14,18H,8H2. The van der Waals surface area contributed by atoms with Crippen LogP contribution in [0.2, 0.25) is 15.1 Å². The van der Waals surface area contributed by atoms with Crippen molar-refractivity contribution in [1.82, 2.24) is 0 Å². The van der Waals surface area contributed by atoms with Gasteiger partial charge in [-0.05, 0) is 35.4 Å². The molecule has 2 aromatic carbocycles. The molecule has 4 heteroatoms. The smallest absolute Gasteiger partial charge is 0.0831 e. The van der Waals surface area contributed by atoms with Gasteiger partial charge >= 0.3 is 0 Å². The van der Waals surface area contributed by atoms with Gasteiger partial charge in [0.25, 0.3) is 0 Å². The van der Waals surface area contributed by atoms with E-state index in [1.54, 1.807) is 42.5 Å². The molecule has 2 aromatic rings. The number of halogens is 3. The van der Waals surface area contributed by atoms with E-state index in [4.69, 9.17) is 34.8 Å². The molecule has 0 radical (unpaired) electrons. The maximum atomic E-state index is 10.2. The zero-order chi connectivity index (χ0) is 13.1. The van der Waals surface area contributed by atoms with E-state index in [2.05, 4.69) is 0 Å². The van der Waals surface area contributed by atoms with Gasteiger partial charge in [0.05, 0.1) is 6.10 Å². The molecule has 0 heterocycles. The average Bonchev–Trinajstić information content (AvgIpc) is 2.34. The molecule has 1 unspecified atom stereocenters. The molecule has 0 bridgehead atoms. The Bertz CT molecular complexity index is 517. The number of benzene rings is 2. The van der Waals surface area contributed by atoms with Crippen LogP contribution in [0.15, 0.2) is 42.5 Å². The van der Waals surface area contributed by atoms with Crippen LogP contribution < -0.4 is 0 Å². The van der Waals surface area contributed by atoms with Gasteiger partial charge in [-0.25, -0.2) is 0 Å².